The zero-order valence-electron chi connectivity index (χ0n) is 15.1. The number of carbonyl (C=O) groups excluding carboxylic acids is 1. The molecule has 2 rings (SSSR count). The molecule has 24 heavy (non-hydrogen) atoms. The summed E-state index contributed by atoms with van der Waals surface area (Å²) in [6.07, 6.45) is 4.65. The molecule has 0 saturated carbocycles. The second kappa shape index (κ2) is 9.00. The predicted octanol–water partition coefficient (Wildman–Crippen LogP) is 3.36. The molecule has 4 nitrogen and oxygen atoms in total. The Morgan fingerprint density at radius 2 is 1.96 bits per heavy atom. The van der Waals surface area contributed by atoms with Gasteiger partial charge in [-0.1, -0.05) is 43.3 Å². The lowest BCUT2D eigenvalue weighted by Gasteiger charge is -2.40. The molecule has 1 heterocycles. The predicted molar refractivity (Wildman–Crippen MR) is 97.8 cm³/mol. The van der Waals surface area contributed by atoms with Crippen molar-refractivity contribution in [1.82, 2.24) is 10.6 Å². The summed E-state index contributed by atoms with van der Waals surface area (Å²) < 4.78 is 5.54. The van der Waals surface area contributed by atoms with Crippen LogP contribution in [0.1, 0.15) is 51.6 Å². The SMILES string of the molecule is CC/C=C(/C)C(=O)NCC1(NC(C)c2ccccc2)CCOCC1. The van der Waals surface area contributed by atoms with Crippen molar-refractivity contribution < 1.29 is 9.53 Å². The molecule has 1 aromatic rings. The molecule has 1 fully saturated rings. The summed E-state index contributed by atoms with van der Waals surface area (Å²) in [6, 6.07) is 10.7. The molecule has 1 aliphatic rings. The van der Waals surface area contributed by atoms with Crippen molar-refractivity contribution in [3.05, 3.63) is 47.5 Å². The normalized spacial score (nSPS) is 18.9. The monoisotopic (exact) mass is 330 g/mol. The van der Waals surface area contributed by atoms with Gasteiger partial charge in [0.15, 0.2) is 0 Å². The number of carbonyl (C=O) groups is 1. The first-order chi connectivity index (χ1) is 11.6. The smallest absolute Gasteiger partial charge is 0.246 e. The summed E-state index contributed by atoms with van der Waals surface area (Å²) in [5, 5.41) is 6.87. The molecule has 0 bridgehead atoms. The first-order valence-corrected chi connectivity index (χ1v) is 8.92. The van der Waals surface area contributed by atoms with Crippen molar-refractivity contribution in [2.45, 2.75) is 51.6 Å². The number of benzene rings is 1. The van der Waals surface area contributed by atoms with Crippen molar-refractivity contribution in [1.29, 1.82) is 0 Å². The second-order valence-corrected chi connectivity index (χ2v) is 6.65. The van der Waals surface area contributed by atoms with Gasteiger partial charge in [-0.2, -0.15) is 0 Å². The third-order valence-corrected chi connectivity index (χ3v) is 4.73. The lowest BCUT2D eigenvalue weighted by Crippen LogP contribution is -2.57. The summed E-state index contributed by atoms with van der Waals surface area (Å²) in [4.78, 5) is 12.2. The van der Waals surface area contributed by atoms with Crippen molar-refractivity contribution in [2.24, 2.45) is 0 Å². The third kappa shape index (κ3) is 5.18. The maximum absolute atomic E-state index is 12.2. The molecular weight excluding hydrogens is 300 g/mol. The Hall–Kier alpha value is -1.65. The summed E-state index contributed by atoms with van der Waals surface area (Å²) >= 11 is 0. The van der Waals surface area contributed by atoms with Crippen LogP contribution in [-0.4, -0.2) is 31.2 Å². The minimum atomic E-state index is -0.115. The van der Waals surface area contributed by atoms with Crippen LogP contribution in [0.4, 0.5) is 0 Å². The van der Waals surface area contributed by atoms with Crippen LogP contribution in [0.2, 0.25) is 0 Å². The Labute approximate surface area is 145 Å². The minimum absolute atomic E-state index is 0.0249. The number of hydrogen-bond acceptors (Lipinski definition) is 3. The van der Waals surface area contributed by atoms with Crippen LogP contribution in [-0.2, 0) is 9.53 Å². The van der Waals surface area contributed by atoms with E-state index in [2.05, 4.69) is 41.8 Å². The highest BCUT2D eigenvalue weighted by atomic mass is 16.5. The van der Waals surface area contributed by atoms with E-state index in [9.17, 15) is 4.79 Å². The lowest BCUT2D eigenvalue weighted by molar-refractivity contribution is -0.118. The molecule has 1 saturated heterocycles. The van der Waals surface area contributed by atoms with Crippen molar-refractivity contribution >= 4 is 5.91 Å². The molecule has 0 aromatic heterocycles. The molecule has 132 valence electrons. The van der Waals surface area contributed by atoms with Crippen LogP contribution in [0.25, 0.3) is 0 Å². The maximum Gasteiger partial charge on any atom is 0.246 e. The van der Waals surface area contributed by atoms with Crippen LogP contribution in [0, 0.1) is 0 Å². The highest BCUT2D eigenvalue weighted by Crippen LogP contribution is 2.25. The van der Waals surface area contributed by atoms with E-state index in [1.807, 2.05) is 26.0 Å². The van der Waals surface area contributed by atoms with Crippen molar-refractivity contribution in [3.8, 4) is 0 Å². The number of rotatable bonds is 7. The Morgan fingerprint density at radius 3 is 2.58 bits per heavy atom. The van der Waals surface area contributed by atoms with Crippen LogP contribution in [0.5, 0.6) is 0 Å². The van der Waals surface area contributed by atoms with E-state index >= 15 is 0 Å². The number of amides is 1. The van der Waals surface area contributed by atoms with Gasteiger partial charge in [0.1, 0.15) is 0 Å². The van der Waals surface area contributed by atoms with E-state index < -0.39 is 0 Å². The molecule has 1 amide bonds. The van der Waals surface area contributed by atoms with Crippen LogP contribution < -0.4 is 10.6 Å². The molecule has 1 aromatic carbocycles. The third-order valence-electron chi connectivity index (χ3n) is 4.73. The molecule has 0 spiro atoms. The number of ether oxygens (including phenoxy) is 1. The number of hydrogen-bond donors (Lipinski definition) is 2. The largest absolute Gasteiger partial charge is 0.381 e. The van der Waals surface area contributed by atoms with Crippen LogP contribution in [0.15, 0.2) is 42.0 Å². The molecule has 2 N–H and O–H groups in total. The topological polar surface area (TPSA) is 50.4 Å². The first-order valence-electron chi connectivity index (χ1n) is 8.92. The van der Waals surface area contributed by atoms with Gasteiger partial charge in [0, 0.05) is 36.9 Å². The summed E-state index contributed by atoms with van der Waals surface area (Å²) in [5.41, 5.74) is 1.93. The number of nitrogens with one attached hydrogen (secondary N) is 2. The zero-order valence-corrected chi connectivity index (χ0v) is 15.1. The summed E-state index contributed by atoms with van der Waals surface area (Å²) in [6.45, 7) is 8.18. The molecule has 4 heteroatoms. The lowest BCUT2D eigenvalue weighted by atomic mass is 9.88. The van der Waals surface area contributed by atoms with Crippen molar-refractivity contribution in [3.63, 3.8) is 0 Å². The molecule has 1 atom stereocenters. The molecular formula is C20H30N2O2. The van der Waals surface area contributed by atoms with Gasteiger partial charge in [-0.15, -0.1) is 0 Å². The van der Waals surface area contributed by atoms with Gasteiger partial charge in [0.25, 0.3) is 0 Å². The average molecular weight is 330 g/mol. The summed E-state index contributed by atoms with van der Waals surface area (Å²) in [7, 11) is 0. The Bertz CT molecular complexity index is 548. The minimum Gasteiger partial charge on any atom is -0.381 e. The second-order valence-electron chi connectivity index (χ2n) is 6.65. The molecule has 1 aliphatic heterocycles. The molecule has 1 unspecified atom stereocenters. The Morgan fingerprint density at radius 1 is 1.29 bits per heavy atom. The maximum atomic E-state index is 12.2. The van der Waals surface area contributed by atoms with Crippen LogP contribution >= 0.6 is 0 Å². The van der Waals surface area contributed by atoms with E-state index in [-0.39, 0.29) is 17.5 Å². The van der Waals surface area contributed by atoms with E-state index in [4.69, 9.17) is 4.74 Å². The van der Waals surface area contributed by atoms with Gasteiger partial charge in [-0.05, 0) is 38.7 Å². The molecule has 0 aliphatic carbocycles. The van der Waals surface area contributed by atoms with Gasteiger partial charge >= 0.3 is 0 Å². The van der Waals surface area contributed by atoms with E-state index in [0.717, 1.165) is 38.0 Å². The number of allylic oxidation sites excluding steroid dienone is 1. The Balaban J connectivity index is 2.03. The van der Waals surface area contributed by atoms with Crippen LogP contribution in [0.3, 0.4) is 0 Å². The average Bonchev–Trinajstić information content (AvgIpc) is 2.61. The molecule has 0 radical (unpaired) electrons. The van der Waals surface area contributed by atoms with E-state index in [1.54, 1.807) is 0 Å². The zero-order chi connectivity index (χ0) is 17.4. The Kier molecular flexibility index (Phi) is 7.00. The van der Waals surface area contributed by atoms with Gasteiger partial charge in [-0.3, -0.25) is 4.79 Å². The fourth-order valence-corrected chi connectivity index (χ4v) is 3.21. The fraction of sp³-hybridized carbons (Fsp3) is 0.550. The first kappa shape index (κ1) is 18.7. The van der Waals surface area contributed by atoms with E-state index in [0.29, 0.717) is 6.54 Å². The highest BCUT2D eigenvalue weighted by Gasteiger charge is 2.34. The van der Waals surface area contributed by atoms with E-state index in [1.165, 1.54) is 5.56 Å². The van der Waals surface area contributed by atoms with Gasteiger partial charge in [0.05, 0.1) is 0 Å². The van der Waals surface area contributed by atoms with Gasteiger partial charge in [0.2, 0.25) is 5.91 Å². The quantitative estimate of drug-likeness (QED) is 0.754. The fourth-order valence-electron chi connectivity index (χ4n) is 3.21. The summed E-state index contributed by atoms with van der Waals surface area (Å²) in [5.74, 6) is 0.0249. The highest BCUT2D eigenvalue weighted by molar-refractivity contribution is 5.92. The van der Waals surface area contributed by atoms with Crippen molar-refractivity contribution in [2.75, 3.05) is 19.8 Å². The van der Waals surface area contributed by atoms with Gasteiger partial charge < -0.3 is 15.4 Å². The standard InChI is InChI=1S/C20H30N2O2/c1-4-8-16(2)19(23)21-15-20(11-13-24-14-12-20)22-17(3)18-9-6-5-7-10-18/h5-10,17,22H,4,11-15H2,1-3H3,(H,21,23)/b16-8-. The van der Waals surface area contributed by atoms with Gasteiger partial charge in [-0.25, -0.2) is 0 Å².